The van der Waals surface area contributed by atoms with Gasteiger partial charge >= 0.3 is 5.97 Å². The third-order valence-electron chi connectivity index (χ3n) is 3.23. The van der Waals surface area contributed by atoms with Gasteiger partial charge in [0.15, 0.2) is 0 Å². The van der Waals surface area contributed by atoms with Crippen LogP contribution in [0.15, 0.2) is 29.2 Å². The van der Waals surface area contributed by atoms with E-state index in [0.29, 0.717) is 18.0 Å². The molecule has 22 heavy (non-hydrogen) atoms. The second-order valence-corrected chi connectivity index (χ2v) is 7.32. The summed E-state index contributed by atoms with van der Waals surface area (Å²) in [4.78, 5) is 10.5. The van der Waals surface area contributed by atoms with Crippen molar-refractivity contribution in [2.45, 2.75) is 49.8 Å². The van der Waals surface area contributed by atoms with Crippen molar-refractivity contribution in [3.8, 4) is 0 Å². The van der Waals surface area contributed by atoms with Crippen LogP contribution in [0.25, 0.3) is 0 Å². The van der Waals surface area contributed by atoms with E-state index < -0.39 is 16.0 Å². The number of aliphatic carboxylic acids is 1. The van der Waals surface area contributed by atoms with E-state index in [1.807, 2.05) is 0 Å². The van der Waals surface area contributed by atoms with E-state index in [9.17, 15) is 13.2 Å². The van der Waals surface area contributed by atoms with E-state index in [1.54, 1.807) is 12.1 Å². The van der Waals surface area contributed by atoms with Gasteiger partial charge in [-0.15, -0.1) is 0 Å². The molecule has 0 fully saturated rings. The quantitative estimate of drug-likeness (QED) is 0.601. The van der Waals surface area contributed by atoms with Gasteiger partial charge in [0, 0.05) is 18.0 Å². The summed E-state index contributed by atoms with van der Waals surface area (Å²) < 4.78 is 26.5. The van der Waals surface area contributed by atoms with Crippen LogP contribution in [-0.4, -0.2) is 26.0 Å². The van der Waals surface area contributed by atoms with Gasteiger partial charge in [0.2, 0.25) is 10.0 Å². The number of rotatable bonds is 11. The summed E-state index contributed by atoms with van der Waals surface area (Å²) in [6, 6.07) is 6.06. The highest BCUT2D eigenvalue weighted by atomic mass is 35.5. The van der Waals surface area contributed by atoms with Crippen LogP contribution >= 0.6 is 11.6 Å². The number of carboxylic acid groups (broad SMARTS) is 1. The molecule has 0 spiro atoms. The van der Waals surface area contributed by atoms with E-state index in [4.69, 9.17) is 16.7 Å². The first kappa shape index (κ1) is 18.9. The Morgan fingerprint density at radius 3 is 2.14 bits per heavy atom. The molecule has 0 aromatic heterocycles. The molecule has 0 atom stereocenters. The van der Waals surface area contributed by atoms with Crippen molar-refractivity contribution in [2.75, 3.05) is 6.54 Å². The lowest BCUT2D eigenvalue weighted by Crippen LogP contribution is -2.24. The third kappa shape index (κ3) is 7.77. The Morgan fingerprint density at radius 1 is 1.00 bits per heavy atom. The maximum absolute atomic E-state index is 12.0. The summed E-state index contributed by atoms with van der Waals surface area (Å²) in [5.74, 6) is -0.753. The summed E-state index contributed by atoms with van der Waals surface area (Å²) in [7, 11) is -3.46. The number of nitrogens with one attached hydrogen (secondary N) is 1. The minimum absolute atomic E-state index is 0.213. The van der Waals surface area contributed by atoms with Gasteiger partial charge < -0.3 is 5.11 Å². The maximum Gasteiger partial charge on any atom is 0.303 e. The number of carboxylic acids is 1. The maximum atomic E-state index is 12.0. The van der Waals surface area contributed by atoms with Crippen LogP contribution in [0, 0.1) is 0 Å². The predicted octanol–water partition coefficient (Wildman–Crippen LogP) is 3.43. The first-order valence-electron chi connectivity index (χ1n) is 7.39. The molecular weight excluding hydrogens is 326 g/mol. The zero-order valence-corrected chi connectivity index (χ0v) is 14.0. The highest BCUT2D eigenvalue weighted by Crippen LogP contribution is 2.14. The highest BCUT2D eigenvalue weighted by molar-refractivity contribution is 7.89. The molecule has 0 aliphatic heterocycles. The molecular formula is C15H22ClNO4S. The molecule has 1 aromatic rings. The second kappa shape index (κ2) is 9.82. The Balaban J connectivity index is 2.13. The molecule has 1 rings (SSSR count). The predicted molar refractivity (Wildman–Crippen MR) is 86.6 cm³/mol. The molecule has 0 aliphatic rings. The lowest BCUT2D eigenvalue weighted by molar-refractivity contribution is -0.137. The number of hydrogen-bond acceptors (Lipinski definition) is 3. The normalized spacial score (nSPS) is 11.5. The zero-order valence-electron chi connectivity index (χ0n) is 12.4. The molecule has 0 aliphatic carbocycles. The Morgan fingerprint density at radius 2 is 1.55 bits per heavy atom. The lowest BCUT2D eigenvalue weighted by Gasteiger charge is -2.07. The molecule has 0 heterocycles. The van der Waals surface area contributed by atoms with Gasteiger partial charge in [-0.3, -0.25) is 4.79 Å². The molecule has 0 radical (unpaired) electrons. The largest absolute Gasteiger partial charge is 0.481 e. The Hall–Kier alpha value is -1.11. The fourth-order valence-corrected chi connectivity index (χ4v) is 3.21. The summed E-state index contributed by atoms with van der Waals surface area (Å²) in [6.45, 7) is 0.403. The fraction of sp³-hybridized carbons (Fsp3) is 0.533. The van der Waals surface area contributed by atoms with Crippen LogP contribution in [-0.2, 0) is 14.8 Å². The summed E-state index contributed by atoms with van der Waals surface area (Å²) >= 11 is 5.73. The first-order chi connectivity index (χ1) is 10.4. The Kier molecular flexibility index (Phi) is 8.45. The van der Waals surface area contributed by atoms with Crippen LogP contribution < -0.4 is 4.72 Å². The molecule has 7 heteroatoms. The fourth-order valence-electron chi connectivity index (χ4n) is 2.01. The Bertz CT molecular complexity index is 557. The molecule has 0 saturated heterocycles. The molecule has 5 nitrogen and oxygen atoms in total. The minimum atomic E-state index is -3.46. The molecule has 0 saturated carbocycles. The Labute approximate surface area is 136 Å². The smallest absolute Gasteiger partial charge is 0.303 e. The van der Waals surface area contributed by atoms with Crippen molar-refractivity contribution in [1.29, 1.82) is 0 Å². The molecule has 124 valence electrons. The van der Waals surface area contributed by atoms with E-state index in [1.165, 1.54) is 12.1 Å². The van der Waals surface area contributed by atoms with Gasteiger partial charge in [-0.1, -0.05) is 37.3 Å². The summed E-state index contributed by atoms with van der Waals surface area (Å²) in [5, 5.41) is 9.00. The number of hydrogen-bond donors (Lipinski definition) is 2. The van der Waals surface area contributed by atoms with Crippen molar-refractivity contribution in [3.63, 3.8) is 0 Å². The third-order valence-corrected chi connectivity index (χ3v) is 4.96. The molecule has 0 bridgehead atoms. The van der Waals surface area contributed by atoms with Crippen LogP contribution in [0.2, 0.25) is 5.02 Å². The monoisotopic (exact) mass is 347 g/mol. The summed E-state index contributed by atoms with van der Waals surface area (Å²) in [5.41, 5.74) is 0. The van der Waals surface area contributed by atoms with Gasteiger partial charge in [0.05, 0.1) is 4.90 Å². The number of benzene rings is 1. The highest BCUT2D eigenvalue weighted by Gasteiger charge is 2.12. The average molecular weight is 348 g/mol. The van der Waals surface area contributed by atoms with Gasteiger partial charge in [0.25, 0.3) is 0 Å². The number of carbonyl (C=O) groups is 1. The van der Waals surface area contributed by atoms with Crippen molar-refractivity contribution in [3.05, 3.63) is 29.3 Å². The van der Waals surface area contributed by atoms with Gasteiger partial charge in [-0.2, -0.15) is 0 Å². The second-order valence-electron chi connectivity index (χ2n) is 5.12. The molecule has 2 N–H and O–H groups in total. The van der Waals surface area contributed by atoms with Crippen LogP contribution in [0.4, 0.5) is 0 Å². The topological polar surface area (TPSA) is 83.5 Å². The van der Waals surface area contributed by atoms with Crippen molar-refractivity contribution >= 4 is 27.6 Å². The van der Waals surface area contributed by atoms with E-state index in [-0.39, 0.29) is 11.3 Å². The van der Waals surface area contributed by atoms with Crippen molar-refractivity contribution in [2.24, 2.45) is 0 Å². The van der Waals surface area contributed by atoms with Gasteiger partial charge in [-0.05, 0) is 37.1 Å². The van der Waals surface area contributed by atoms with Crippen LogP contribution in [0.1, 0.15) is 44.9 Å². The van der Waals surface area contributed by atoms with Gasteiger partial charge in [0.1, 0.15) is 0 Å². The summed E-state index contributed by atoms with van der Waals surface area (Å²) in [6.07, 6.45) is 5.50. The number of halogens is 1. The molecule has 1 aromatic carbocycles. The number of unbranched alkanes of at least 4 members (excludes halogenated alkanes) is 5. The first-order valence-corrected chi connectivity index (χ1v) is 9.25. The van der Waals surface area contributed by atoms with E-state index in [0.717, 1.165) is 32.1 Å². The zero-order chi connectivity index (χ0) is 16.4. The van der Waals surface area contributed by atoms with E-state index in [2.05, 4.69) is 4.72 Å². The SMILES string of the molecule is O=C(O)CCCCCCCCNS(=O)(=O)c1ccc(Cl)cc1. The van der Waals surface area contributed by atoms with Crippen molar-refractivity contribution < 1.29 is 18.3 Å². The van der Waals surface area contributed by atoms with Crippen LogP contribution in [0.3, 0.4) is 0 Å². The van der Waals surface area contributed by atoms with E-state index >= 15 is 0 Å². The average Bonchev–Trinajstić information content (AvgIpc) is 2.45. The van der Waals surface area contributed by atoms with Crippen LogP contribution in [0.5, 0.6) is 0 Å². The standard InChI is InChI=1S/C15H22ClNO4S/c16-13-8-10-14(11-9-13)22(20,21)17-12-6-4-2-1-3-5-7-15(18)19/h8-11,17H,1-7,12H2,(H,18,19). The molecule has 0 unspecified atom stereocenters. The number of sulfonamides is 1. The van der Waals surface area contributed by atoms with Gasteiger partial charge in [-0.25, -0.2) is 13.1 Å². The molecule has 0 amide bonds. The van der Waals surface area contributed by atoms with Crippen molar-refractivity contribution in [1.82, 2.24) is 4.72 Å². The lowest BCUT2D eigenvalue weighted by atomic mass is 10.1. The minimum Gasteiger partial charge on any atom is -0.481 e.